The van der Waals surface area contributed by atoms with Crippen LogP contribution < -0.4 is 5.73 Å². The van der Waals surface area contributed by atoms with Crippen LogP contribution in [0.3, 0.4) is 0 Å². The van der Waals surface area contributed by atoms with Crippen molar-refractivity contribution in [1.82, 2.24) is 4.90 Å². The summed E-state index contributed by atoms with van der Waals surface area (Å²) < 4.78 is 137. The molecule has 45 heavy (non-hydrogen) atoms. The molecule has 15 heteroatoms. The number of fused-ring (bicyclic) bond motifs is 3. The summed E-state index contributed by atoms with van der Waals surface area (Å²) in [6, 6.07) is 9.22. The molecule has 0 aromatic heterocycles. The highest BCUT2D eigenvalue weighted by molar-refractivity contribution is 7.92. The van der Waals surface area contributed by atoms with E-state index in [-0.39, 0.29) is 60.5 Å². The highest BCUT2D eigenvalue weighted by Crippen LogP contribution is 2.56. The van der Waals surface area contributed by atoms with E-state index in [2.05, 4.69) is 0 Å². The minimum Gasteiger partial charge on any atom is -0.366 e. The zero-order chi connectivity index (χ0) is 33.2. The monoisotopic (exact) mass is 660 g/mol. The number of aryl methyl sites for hydroxylation is 1. The standard InChI is InChI=1S/C30H24F8N2O4S/c31-21-8-10-22(11-9-21)45(43,44)27-13-14-40(26(42)19-5-1-4-18(15-19)25(39)41)24(27)6-2-3-17-16-20(7-12-23(17)27)28(32,29(33,34)35)30(36,37)38/h1,4-5,7-12,15-16,24H,2-3,6,13-14H2,(H2,39,41)/t24-,27-/m0/s1. The van der Waals surface area contributed by atoms with Crippen molar-refractivity contribution in [2.75, 3.05) is 6.54 Å². The number of rotatable bonds is 5. The van der Waals surface area contributed by atoms with Crippen molar-refractivity contribution < 1.29 is 53.1 Å². The fraction of sp³-hybridized carbons (Fsp3) is 0.333. The van der Waals surface area contributed by atoms with E-state index in [9.17, 15) is 48.7 Å². The number of alkyl halides is 7. The number of primary amides is 1. The SMILES string of the molecule is NC(=O)c1cccc(C(=O)N2CC[C@]3(S(=O)(=O)c4ccc(F)cc4)c4ccc(C(F)(C(F)(F)F)C(F)(F)F)cc4CCC[C@H]23)c1. The fourth-order valence-electron chi connectivity index (χ4n) is 6.46. The summed E-state index contributed by atoms with van der Waals surface area (Å²) in [6.45, 7) is -0.218. The predicted molar refractivity (Wildman–Crippen MR) is 144 cm³/mol. The van der Waals surface area contributed by atoms with Gasteiger partial charge in [-0.25, -0.2) is 17.2 Å². The number of amides is 2. The second-order valence-corrected chi connectivity index (χ2v) is 13.2. The Balaban J connectivity index is 1.73. The van der Waals surface area contributed by atoms with Gasteiger partial charge in [-0.2, -0.15) is 26.3 Å². The van der Waals surface area contributed by atoms with Crippen LogP contribution in [0.4, 0.5) is 35.1 Å². The normalized spacial score (nSPS) is 20.7. The number of sulfone groups is 1. The Morgan fingerprint density at radius 3 is 2.09 bits per heavy atom. The molecule has 2 atom stereocenters. The average molecular weight is 661 g/mol. The molecule has 0 radical (unpaired) electrons. The molecule has 0 spiro atoms. The number of benzene rings is 3. The van der Waals surface area contributed by atoms with Gasteiger partial charge in [-0.15, -0.1) is 0 Å². The number of nitrogens with two attached hydrogens (primary N) is 1. The number of nitrogens with zero attached hydrogens (tertiary/aromatic N) is 1. The van der Waals surface area contributed by atoms with Gasteiger partial charge in [0.2, 0.25) is 5.91 Å². The van der Waals surface area contributed by atoms with E-state index in [4.69, 9.17) is 5.73 Å². The van der Waals surface area contributed by atoms with Crippen molar-refractivity contribution in [2.45, 2.75) is 59.4 Å². The summed E-state index contributed by atoms with van der Waals surface area (Å²) in [7, 11) is -4.66. The van der Waals surface area contributed by atoms with Gasteiger partial charge in [0.25, 0.3) is 5.91 Å². The lowest BCUT2D eigenvalue weighted by molar-refractivity contribution is -0.348. The number of likely N-dealkylation sites (tertiary alicyclic amines) is 1. The summed E-state index contributed by atoms with van der Waals surface area (Å²) in [5, 5.41) is 0. The van der Waals surface area contributed by atoms with E-state index in [0.29, 0.717) is 6.07 Å². The van der Waals surface area contributed by atoms with E-state index < -0.39 is 66.7 Å². The first kappa shape index (κ1) is 32.4. The van der Waals surface area contributed by atoms with Gasteiger partial charge in [0.05, 0.1) is 10.9 Å². The average Bonchev–Trinajstić information content (AvgIpc) is 3.27. The molecule has 1 saturated heterocycles. The molecule has 1 aliphatic heterocycles. The molecule has 240 valence electrons. The van der Waals surface area contributed by atoms with Crippen LogP contribution in [0.1, 0.15) is 56.7 Å². The zero-order valence-corrected chi connectivity index (χ0v) is 23.9. The maximum Gasteiger partial charge on any atom is 0.435 e. The van der Waals surface area contributed by atoms with Crippen LogP contribution in [0.2, 0.25) is 0 Å². The number of carbonyl (C=O) groups is 2. The van der Waals surface area contributed by atoms with Gasteiger partial charge in [0, 0.05) is 23.2 Å². The number of hydrogen-bond acceptors (Lipinski definition) is 4. The first-order valence-electron chi connectivity index (χ1n) is 13.5. The summed E-state index contributed by atoms with van der Waals surface area (Å²) in [4.78, 5) is 26.3. The Labute approximate surface area is 251 Å². The van der Waals surface area contributed by atoms with Crippen LogP contribution in [-0.4, -0.2) is 50.1 Å². The van der Waals surface area contributed by atoms with Crippen molar-refractivity contribution in [3.8, 4) is 0 Å². The lowest BCUT2D eigenvalue weighted by Gasteiger charge is -2.38. The van der Waals surface area contributed by atoms with E-state index in [1.54, 1.807) is 0 Å². The second kappa shape index (κ2) is 10.8. The van der Waals surface area contributed by atoms with Gasteiger partial charge in [-0.3, -0.25) is 9.59 Å². The van der Waals surface area contributed by atoms with Crippen molar-refractivity contribution in [1.29, 1.82) is 0 Å². The van der Waals surface area contributed by atoms with Crippen molar-refractivity contribution in [3.05, 3.63) is 100 Å². The van der Waals surface area contributed by atoms with E-state index in [1.165, 1.54) is 29.2 Å². The van der Waals surface area contributed by atoms with Gasteiger partial charge in [0.1, 0.15) is 10.6 Å². The van der Waals surface area contributed by atoms with Crippen molar-refractivity contribution >= 4 is 21.7 Å². The molecule has 5 rings (SSSR count). The summed E-state index contributed by atoms with van der Waals surface area (Å²) >= 11 is 0. The summed E-state index contributed by atoms with van der Waals surface area (Å²) in [5.74, 6) is -2.30. The largest absolute Gasteiger partial charge is 0.435 e. The summed E-state index contributed by atoms with van der Waals surface area (Å²) in [5.41, 5.74) is -2.65. The summed E-state index contributed by atoms with van der Waals surface area (Å²) in [6.07, 6.45) is -13.4. The van der Waals surface area contributed by atoms with Gasteiger partial charge in [-0.05, 0) is 79.3 Å². The Morgan fingerprint density at radius 1 is 0.867 bits per heavy atom. The lowest BCUT2D eigenvalue weighted by atomic mass is 9.84. The number of hydrogen-bond donors (Lipinski definition) is 1. The molecular formula is C30H24F8N2O4S. The smallest absolute Gasteiger partial charge is 0.366 e. The third-order valence-corrected chi connectivity index (χ3v) is 11.1. The molecule has 2 aliphatic rings. The Hall–Kier alpha value is -4.01. The molecule has 2 N–H and O–H groups in total. The molecule has 0 unspecified atom stereocenters. The highest BCUT2D eigenvalue weighted by atomic mass is 32.2. The van der Waals surface area contributed by atoms with E-state index >= 15 is 4.39 Å². The molecule has 3 aromatic rings. The van der Waals surface area contributed by atoms with Crippen molar-refractivity contribution in [2.24, 2.45) is 5.73 Å². The van der Waals surface area contributed by atoms with Gasteiger partial charge < -0.3 is 10.6 Å². The maximum absolute atomic E-state index is 15.1. The van der Waals surface area contributed by atoms with Gasteiger partial charge in [0.15, 0.2) is 9.84 Å². The predicted octanol–water partition coefficient (Wildman–Crippen LogP) is 6.13. The van der Waals surface area contributed by atoms with Crippen LogP contribution in [0.15, 0.2) is 71.6 Å². The zero-order valence-electron chi connectivity index (χ0n) is 23.1. The van der Waals surface area contributed by atoms with Crippen LogP contribution in [-0.2, 0) is 26.7 Å². The first-order valence-corrected chi connectivity index (χ1v) is 15.0. The van der Waals surface area contributed by atoms with E-state index in [1.807, 2.05) is 0 Å². The number of carbonyl (C=O) groups excluding carboxylic acids is 2. The van der Waals surface area contributed by atoms with Gasteiger partial charge >= 0.3 is 18.0 Å². The molecule has 0 saturated carbocycles. The molecular weight excluding hydrogens is 636 g/mol. The maximum atomic E-state index is 15.1. The third kappa shape index (κ3) is 4.95. The highest BCUT2D eigenvalue weighted by Gasteiger charge is 2.73. The number of halogens is 8. The molecule has 1 heterocycles. The topological polar surface area (TPSA) is 97.5 Å². The third-order valence-electron chi connectivity index (χ3n) is 8.56. The van der Waals surface area contributed by atoms with Crippen LogP contribution in [0, 0.1) is 5.82 Å². The van der Waals surface area contributed by atoms with E-state index in [0.717, 1.165) is 30.3 Å². The fourth-order valence-corrected chi connectivity index (χ4v) is 8.83. The van der Waals surface area contributed by atoms with Crippen molar-refractivity contribution in [3.63, 3.8) is 0 Å². The molecule has 1 aliphatic carbocycles. The Bertz CT molecular complexity index is 1760. The molecule has 6 nitrogen and oxygen atoms in total. The minimum atomic E-state index is -6.39. The van der Waals surface area contributed by atoms with Gasteiger partial charge in [-0.1, -0.05) is 24.3 Å². The lowest BCUT2D eigenvalue weighted by Crippen LogP contribution is -2.51. The molecule has 1 fully saturated rings. The molecule has 0 bridgehead atoms. The van der Waals surface area contributed by atoms with Crippen LogP contribution in [0.5, 0.6) is 0 Å². The second-order valence-electron chi connectivity index (χ2n) is 11.0. The molecule has 2 amide bonds. The Kier molecular flexibility index (Phi) is 7.78. The minimum absolute atomic E-state index is 0.00420. The molecule has 3 aromatic carbocycles. The van der Waals surface area contributed by atoms with Crippen LogP contribution in [0.25, 0.3) is 0 Å². The quantitative estimate of drug-likeness (QED) is 0.263. The van der Waals surface area contributed by atoms with Crippen LogP contribution >= 0.6 is 0 Å². The Morgan fingerprint density at radius 2 is 1.49 bits per heavy atom. The first-order chi connectivity index (χ1) is 20.9.